The minimum Gasteiger partial charge on any atom is -0.497 e. The first-order valence-corrected chi connectivity index (χ1v) is 13.1. The van der Waals surface area contributed by atoms with Crippen LogP contribution in [0.25, 0.3) is 11.0 Å². The second-order valence-corrected chi connectivity index (χ2v) is 10.5. The molecule has 3 atom stereocenters. The Hall–Kier alpha value is -4.21. The molecular weight excluding hydrogens is 500 g/mol. The molecule has 1 N–H and O–H groups in total. The highest BCUT2D eigenvalue weighted by atomic mass is 16.5. The van der Waals surface area contributed by atoms with Crippen LogP contribution in [0.1, 0.15) is 42.8 Å². The third-order valence-electron chi connectivity index (χ3n) is 7.36. The average molecular weight is 533 g/mol. The van der Waals surface area contributed by atoms with Gasteiger partial charge in [-0.15, -0.1) is 0 Å². The van der Waals surface area contributed by atoms with Crippen LogP contribution in [0.15, 0.2) is 53.2 Å². The largest absolute Gasteiger partial charge is 0.497 e. The first-order chi connectivity index (χ1) is 18.7. The smallest absolute Gasteiger partial charge is 0.287 e. The van der Waals surface area contributed by atoms with Crippen molar-refractivity contribution >= 4 is 34.5 Å². The highest BCUT2D eigenvalue weighted by molar-refractivity contribution is 6.01. The number of hydrogen-bond acceptors (Lipinski definition) is 7. The first-order valence-electron chi connectivity index (χ1n) is 13.1. The number of carbonyl (C=O) groups excluding carboxylic acids is 4. The number of likely N-dealkylation sites (tertiary alicyclic amines) is 2. The lowest BCUT2D eigenvalue weighted by Gasteiger charge is -2.29. The van der Waals surface area contributed by atoms with E-state index in [2.05, 4.69) is 10.3 Å². The lowest BCUT2D eigenvalue weighted by molar-refractivity contribution is -0.138. The van der Waals surface area contributed by atoms with E-state index in [1.54, 1.807) is 59.6 Å². The Labute approximate surface area is 226 Å². The molecule has 2 aromatic heterocycles. The van der Waals surface area contributed by atoms with E-state index in [9.17, 15) is 19.2 Å². The molecule has 204 valence electrons. The SMILES string of the molecule is COc1ccc2oc(C(=O)NC(CC(C)C)C(=O)N3CCC4C3C(=O)CN4C(=O)Cc3cccnc3)cc2c1. The fraction of sp³-hybridized carbons (Fsp3) is 0.414. The van der Waals surface area contributed by atoms with Crippen molar-refractivity contribution in [3.05, 3.63) is 60.1 Å². The summed E-state index contributed by atoms with van der Waals surface area (Å²) >= 11 is 0. The molecule has 3 amide bonds. The van der Waals surface area contributed by atoms with Crippen molar-refractivity contribution in [2.45, 2.75) is 51.2 Å². The predicted octanol–water partition coefficient (Wildman–Crippen LogP) is 2.60. The Kier molecular flexibility index (Phi) is 7.36. The molecule has 0 radical (unpaired) electrons. The molecule has 0 saturated carbocycles. The second-order valence-electron chi connectivity index (χ2n) is 10.5. The number of fused-ring (bicyclic) bond motifs is 2. The van der Waals surface area contributed by atoms with Crippen molar-refractivity contribution in [3.63, 3.8) is 0 Å². The zero-order chi connectivity index (χ0) is 27.7. The first kappa shape index (κ1) is 26.4. The summed E-state index contributed by atoms with van der Waals surface area (Å²) in [5.41, 5.74) is 1.30. The molecule has 0 spiro atoms. The number of Topliss-reactive ketones (excluding diaryl/α,β-unsaturated/α-hetero) is 1. The zero-order valence-corrected chi connectivity index (χ0v) is 22.3. The second kappa shape index (κ2) is 10.9. The van der Waals surface area contributed by atoms with Crippen LogP contribution in [0.4, 0.5) is 0 Å². The van der Waals surface area contributed by atoms with Gasteiger partial charge in [0.05, 0.1) is 26.1 Å². The summed E-state index contributed by atoms with van der Waals surface area (Å²) in [5, 5.41) is 3.55. The number of ketones is 1. The molecule has 10 heteroatoms. The van der Waals surface area contributed by atoms with E-state index in [1.807, 2.05) is 19.9 Å². The third-order valence-corrected chi connectivity index (χ3v) is 7.36. The van der Waals surface area contributed by atoms with Gasteiger partial charge in [-0.05, 0) is 54.7 Å². The molecule has 10 nitrogen and oxygen atoms in total. The topological polar surface area (TPSA) is 122 Å². The predicted molar refractivity (Wildman–Crippen MR) is 142 cm³/mol. The van der Waals surface area contributed by atoms with E-state index in [-0.39, 0.29) is 48.3 Å². The fourth-order valence-electron chi connectivity index (χ4n) is 5.55. The van der Waals surface area contributed by atoms with Gasteiger partial charge in [-0.1, -0.05) is 19.9 Å². The van der Waals surface area contributed by atoms with Crippen molar-refractivity contribution in [3.8, 4) is 5.75 Å². The highest BCUT2D eigenvalue weighted by Crippen LogP contribution is 2.31. The molecule has 1 aromatic carbocycles. The van der Waals surface area contributed by atoms with E-state index < -0.39 is 18.0 Å². The number of carbonyl (C=O) groups is 4. The van der Waals surface area contributed by atoms with E-state index in [0.29, 0.717) is 36.1 Å². The minimum atomic E-state index is -0.841. The average Bonchev–Trinajstić information content (AvgIpc) is 3.63. The van der Waals surface area contributed by atoms with Crippen molar-refractivity contribution in [2.75, 3.05) is 20.2 Å². The van der Waals surface area contributed by atoms with Gasteiger partial charge in [-0.2, -0.15) is 0 Å². The number of ether oxygens (including phenoxy) is 1. The molecule has 0 aliphatic carbocycles. The van der Waals surface area contributed by atoms with Gasteiger partial charge in [0.15, 0.2) is 11.5 Å². The molecule has 2 aliphatic rings. The quantitative estimate of drug-likeness (QED) is 0.473. The molecule has 3 unspecified atom stereocenters. The third kappa shape index (κ3) is 5.36. The maximum atomic E-state index is 13.8. The molecule has 2 saturated heterocycles. The number of nitrogens with zero attached hydrogens (tertiary/aromatic N) is 3. The maximum Gasteiger partial charge on any atom is 0.287 e. The Morgan fingerprint density at radius 3 is 2.72 bits per heavy atom. The lowest BCUT2D eigenvalue weighted by atomic mass is 10.0. The van der Waals surface area contributed by atoms with Crippen molar-refractivity contribution < 1.29 is 28.3 Å². The van der Waals surface area contributed by atoms with Crippen LogP contribution in [0, 0.1) is 5.92 Å². The van der Waals surface area contributed by atoms with Crippen LogP contribution < -0.4 is 10.1 Å². The van der Waals surface area contributed by atoms with E-state index in [4.69, 9.17) is 9.15 Å². The molecule has 5 rings (SSSR count). The minimum absolute atomic E-state index is 0.0259. The number of pyridine rings is 1. The number of hydrogen-bond donors (Lipinski definition) is 1. The van der Waals surface area contributed by atoms with Crippen molar-refractivity contribution in [1.29, 1.82) is 0 Å². The van der Waals surface area contributed by atoms with Gasteiger partial charge in [0.2, 0.25) is 11.8 Å². The Bertz CT molecular complexity index is 1400. The maximum absolute atomic E-state index is 13.8. The standard InChI is InChI=1S/C29H32N4O6/c1-17(2)11-21(31-28(36)25-14-19-13-20(38-3)6-7-24(19)39-25)29(37)32-10-8-22-27(32)23(34)16-33(22)26(35)12-18-5-4-9-30-15-18/h4-7,9,13-15,17,21-22,27H,8,10-12,16H2,1-3H3,(H,31,36). The van der Waals surface area contributed by atoms with Crippen molar-refractivity contribution in [2.24, 2.45) is 5.92 Å². The van der Waals surface area contributed by atoms with Gasteiger partial charge < -0.3 is 24.3 Å². The van der Waals surface area contributed by atoms with E-state index in [1.165, 1.54) is 0 Å². The highest BCUT2D eigenvalue weighted by Gasteiger charge is 2.52. The number of methoxy groups -OCH3 is 1. The van der Waals surface area contributed by atoms with E-state index in [0.717, 1.165) is 5.56 Å². The molecule has 2 fully saturated rings. The summed E-state index contributed by atoms with van der Waals surface area (Å²) < 4.78 is 11.0. The van der Waals surface area contributed by atoms with E-state index >= 15 is 0 Å². The van der Waals surface area contributed by atoms with Crippen LogP contribution in [0.5, 0.6) is 5.75 Å². The summed E-state index contributed by atoms with van der Waals surface area (Å²) in [4.78, 5) is 60.2. The molecule has 39 heavy (non-hydrogen) atoms. The molecule has 4 heterocycles. The number of rotatable bonds is 8. The number of aromatic nitrogens is 1. The molecule has 0 bridgehead atoms. The summed E-state index contributed by atoms with van der Waals surface area (Å²) in [5.74, 6) is -0.320. The van der Waals surface area contributed by atoms with Gasteiger partial charge in [0, 0.05) is 24.3 Å². The summed E-state index contributed by atoms with van der Waals surface area (Å²) in [6, 6.07) is 8.51. The van der Waals surface area contributed by atoms with Crippen LogP contribution in [0.2, 0.25) is 0 Å². The number of nitrogens with one attached hydrogen (secondary N) is 1. The van der Waals surface area contributed by atoms with Gasteiger partial charge in [-0.3, -0.25) is 24.2 Å². The number of benzene rings is 1. The van der Waals surface area contributed by atoms with Crippen LogP contribution in [0.3, 0.4) is 0 Å². The Morgan fingerprint density at radius 1 is 1.18 bits per heavy atom. The number of furan rings is 1. The van der Waals surface area contributed by atoms with Crippen LogP contribution in [-0.4, -0.2) is 76.6 Å². The van der Waals surface area contributed by atoms with Gasteiger partial charge >= 0.3 is 0 Å². The molecule has 3 aromatic rings. The summed E-state index contributed by atoms with van der Waals surface area (Å²) in [6.07, 6.45) is 4.32. The summed E-state index contributed by atoms with van der Waals surface area (Å²) in [7, 11) is 1.56. The monoisotopic (exact) mass is 532 g/mol. The van der Waals surface area contributed by atoms with Gasteiger partial charge in [0.25, 0.3) is 5.91 Å². The Morgan fingerprint density at radius 2 is 2.00 bits per heavy atom. The number of amides is 3. The van der Waals surface area contributed by atoms with Crippen molar-refractivity contribution in [1.82, 2.24) is 20.1 Å². The van der Waals surface area contributed by atoms with Crippen LogP contribution >= 0.6 is 0 Å². The van der Waals surface area contributed by atoms with Gasteiger partial charge in [0.1, 0.15) is 23.4 Å². The Balaban J connectivity index is 1.30. The fourth-order valence-corrected chi connectivity index (χ4v) is 5.55. The molecular formula is C29H32N4O6. The molecule has 2 aliphatic heterocycles. The summed E-state index contributed by atoms with van der Waals surface area (Å²) in [6.45, 7) is 4.24. The van der Waals surface area contributed by atoms with Gasteiger partial charge in [-0.25, -0.2) is 0 Å². The normalized spacial score (nSPS) is 19.4. The lowest BCUT2D eigenvalue weighted by Crippen LogP contribution is -2.53. The zero-order valence-electron chi connectivity index (χ0n) is 22.3. The van der Waals surface area contributed by atoms with Crippen LogP contribution in [-0.2, 0) is 20.8 Å².